The number of H-pyrrole nitrogens is 1. The highest BCUT2D eigenvalue weighted by atomic mass is 16.5. The average molecular weight is 425 g/mol. The highest BCUT2D eigenvalue weighted by Gasteiger charge is 2.15. The molecule has 0 unspecified atom stereocenters. The van der Waals surface area contributed by atoms with E-state index in [1.807, 2.05) is 79.8 Å². The highest BCUT2D eigenvalue weighted by molar-refractivity contribution is 6.06. The van der Waals surface area contributed by atoms with Crippen LogP contribution in [0.15, 0.2) is 77.6 Å². The number of ether oxygens (including phenoxy) is 1. The van der Waals surface area contributed by atoms with E-state index < -0.39 is 0 Å². The molecule has 0 radical (unpaired) electrons. The van der Waals surface area contributed by atoms with Crippen molar-refractivity contribution in [1.29, 1.82) is 0 Å². The molecule has 5 rings (SSSR count). The van der Waals surface area contributed by atoms with E-state index in [1.54, 1.807) is 4.57 Å². The minimum Gasteiger partial charge on any atom is -0.457 e. The monoisotopic (exact) mass is 425 g/mol. The van der Waals surface area contributed by atoms with Gasteiger partial charge in [0.1, 0.15) is 22.8 Å². The number of fused-ring (bicyclic) bond motifs is 3. The van der Waals surface area contributed by atoms with Crippen molar-refractivity contribution in [2.24, 2.45) is 0 Å². The molecule has 0 amide bonds. The van der Waals surface area contributed by atoms with Gasteiger partial charge in [-0.1, -0.05) is 42.5 Å². The van der Waals surface area contributed by atoms with Crippen LogP contribution in [0.4, 0.5) is 5.82 Å². The summed E-state index contributed by atoms with van der Waals surface area (Å²) in [6, 6.07) is 23.4. The molecule has 0 saturated carbocycles. The van der Waals surface area contributed by atoms with E-state index in [1.165, 1.54) is 5.56 Å². The lowest BCUT2D eigenvalue weighted by molar-refractivity contribution is 0.481. The average Bonchev–Trinajstić information content (AvgIpc) is 3.13. The number of benzene rings is 3. The van der Waals surface area contributed by atoms with Crippen LogP contribution < -0.4 is 21.5 Å². The summed E-state index contributed by atoms with van der Waals surface area (Å²) >= 11 is 0. The first kappa shape index (κ1) is 19.8. The van der Waals surface area contributed by atoms with Crippen LogP contribution in [0.3, 0.4) is 0 Å². The standard InChI is InChI=1S/C25H23N5O2/c1-27-14-16-9-11-18(12-10-16)32-19-6-4-5-17(13-19)15-30-23-20-7-2-3-8-21(20)28-24(26)22(23)29-25(30)31/h2-13,27H,14-15H2,1H3,(H2,26,28)(H,29,31). The van der Waals surface area contributed by atoms with Gasteiger partial charge in [0.2, 0.25) is 0 Å². The fourth-order valence-corrected chi connectivity index (χ4v) is 3.95. The number of rotatable bonds is 6. The summed E-state index contributed by atoms with van der Waals surface area (Å²) in [6.07, 6.45) is 0. The van der Waals surface area contributed by atoms with Crippen molar-refractivity contribution < 1.29 is 4.74 Å². The lowest BCUT2D eigenvalue weighted by atomic mass is 10.1. The number of nitrogens with one attached hydrogen (secondary N) is 2. The van der Waals surface area contributed by atoms with Crippen LogP contribution in [0.2, 0.25) is 0 Å². The molecule has 0 aliphatic carbocycles. The third kappa shape index (κ3) is 3.70. The summed E-state index contributed by atoms with van der Waals surface area (Å²) in [6.45, 7) is 1.19. The third-order valence-corrected chi connectivity index (χ3v) is 5.42. The molecule has 0 saturated heterocycles. The van der Waals surface area contributed by atoms with Gasteiger partial charge < -0.3 is 20.8 Å². The van der Waals surface area contributed by atoms with Gasteiger partial charge >= 0.3 is 5.69 Å². The van der Waals surface area contributed by atoms with Crippen molar-refractivity contribution in [3.63, 3.8) is 0 Å². The quantitative estimate of drug-likeness (QED) is 0.382. The van der Waals surface area contributed by atoms with Gasteiger partial charge in [-0.2, -0.15) is 0 Å². The number of anilines is 1. The first-order chi connectivity index (χ1) is 15.6. The zero-order chi connectivity index (χ0) is 22.1. The number of nitrogen functional groups attached to an aromatic ring is 1. The number of pyridine rings is 1. The largest absolute Gasteiger partial charge is 0.457 e. The number of hydrogen-bond donors (Lipinski definition) is 3. The summed E-state index contributed by atoms with van der Waals surface area (Å²) < 4.78 is 7.73. The fraction of sp³-hybridized carbons (Fsp3) is 0.120. The summed E-state index contributed by atoms with van der Waals surface area (Å²) in [7, 11) is 1.92. The van der Waals surface area contributed by atoms with Crippen molar-refractivity contribution in [1.82, 2.24) is 19.9 Å². The Hall–Kier alpha value is -4.10. The zero-order valence-corrected chi connectivity index (χ0v) is 17.6. The predicted molar refractivity (Wildman–Crippen MR) is 127 cm³/mol. The molecule has 0 atom stereocenters. The second-order valence-corrected chi connectivity index (χ2v) is 7.68. The molecular weight excluding hydrogens is 402 g/mol. The van der Waals surface area contributed by atoms with Gasteiger partial charge in [-0.05, 0) is 48.5 Å². The normalized spacial score (nSPS) is 11.3. The molecule has 0 bridgehead atoms. The Bertz CT molecular complexity index is 1470. The molecule has 7 nitrogen and oxygen atoms in total. The number of imidazole rings is 1. The van der Waals surface area contributed by atoms with Crippen LogP contribution in [0.1, 0.15) is 11.1 Å². The van der Waals surface area contributed by atoms with Gasteiger partial charge in [-0.15, -0.1) is 0 Å². The third-order valence-electron chi connectivity index (χ3n) is 5.42. The molecule has 3 aromatic carbocycles. The van der Waals surface area contributed by atoms with E-state index in [-0.39, 0.29) is 5.69 Å². The number of nitrogens with zero attached hydrogens (tertiary/aromatic N) is 2. The molecule has 4 N–H and O–H groups in total. The van der Waals surface area contributed by atoms with Gasteiger partial charge in [0.15, 0.2) is 0 Å². The predicted octanol–water partition coefficient (Wildman–Crippen LogP) is 4.02. The van der Waals surface area contributed by atoms with Crippen LogP contribution in [0.5, 0.6) is 11.5 Å². The van der Waals surface area contributed by atoms with Crippen LogP contribution in [-0.4, -0.2) is 21.6 Å². The van der Waals surface area contributed by atoms with E-state index in [0.717, 1.165) is 34.3 Å². The zero-order valence-electron chi connectivity index (χ0n) is 17.6. The van der Waals surface area contributed by atoms with Crippen LogP contribution in [0, 0.1) is 0 Å². The van der Waals surface area contributed by atoms with Crippen molar-refractivity contribution in [3.05, 3.63) is 94.4 Å². The van der Waals surface area contributed by atoms with Crippen molar-refractivity contribution in [2.75, 3.05) is 12.8 Å². The Morgan fingerprint density at radius 3 is 2.62 bits per heavy atom. The van der Waals surface area contributed by atoms with Crippen LogP contribution >= 0.6 is 0 Å². The molecule has 0 aliphatic heterocycles. The fourth-order valence-electron chi connectivity index (χ4n) is 3.95. The highest BCUT2D eigenvalue weighted by Crippen LogP contribution is 2.27. The van der Waals surface area contributed by atoms with Gasteiger partial charge in [0.05, 0.1) is 17.6 Å². The smallest absolute Gasteiger partial charge is 0.326 e. The molecule has 32 heavy (non-hydrogen) atoms. The Balaban J connectivity index is 1.48. The minimum absolute atomic E-state index is 0.226. The molecule has 2 heterocycles. The van der Waals surface area contributed by atoms with Gasteiger partial charge in [0.25, 0.3) is 0 Å². The first-order valence-corrected chi connectivity index (χ1v) is 10.4. The Labute approximate surface area is 184 Å². The summed E-state index contributed by atoms with van der Waals surface area (Å²) in [5.74, 6) is 1.78. The van der Waals surface area contributed by atoms with Gasteiger partial charge in [-0.3, -0.25) is 4.57 Å². The maximum atomic E-state index is 12.8. The second kappa shape index (κ2) is 8.20. The number of para-hydroxylation sites is 1. The molecule has 7 heteroatoms. The van der Waals surface area contributed by atoms with Crippen LogP contribution in [-0.2, 0) is 13.1 Å². The van der Waals surface area contributed by atoms with Crippen LogP contribution in [0.25, 0.3) is 21.9 Å². The second-order valence-electron chi connectivity index (χ2n) is 7.68. The Morgan fingerprint density at radius 1 is 1.00 bits per heavy atom. The van der Waals surface area contributed by atoms with Crippen molar-refractivity contribution >= 4 is 27.8 Å². The number of hydrogen-bond acceptors (Lipinski definition) is 5. The van der Waals surface area contributed by atoms with E-state index in [4.69, 9.17) is 10.5 Å². The molecule has 0 fully saturated rings. The summed E-state index contributed by atoms with van der Waals surface area (Å²) in [5.41, 5.74) is 10.1. The van der Waals surface area contributed by atoms with Gasteiger partial charge in [-0.25, -0.2) is 9.78 Å². The molecule has 5 aromatic rings. The molecule has 2 aromatic heterocycles. The minimum atomic E-state index is -0.226. The maximum Gasteiger partial charge on any atom is 0.326 e. The number of aromatic nitrogens is 3. The van der Waals surface area contributed by atoms with E-state index in [9.17, 15) is 4.79 Å². The molecule has 0 spiro atoms. The van der Waals surface area contributed by atoms with E-state index in [0.29, 0.717) is 23.6 Å². The topological polar surface area (TPSA) is 98.0 Å². The Morgan fingerprint density at radius 2 is 1.81 bits per heavy atom. The molecule has 160 valence electrons. The van der Waals surface area contributed by atoms with E-state index in [2.05, 4.69) is 15.3 Å². The van der Waals surface area contributed by atoms with Crippen molar-refractivity contribution in [3.8, 4) is 11.5 Å². The summed E-state index contributed by atoms with van der Waals surface area (Å²) in [4.78, 5) is 20.1. The lowest BCUT2D eigenvalue weighted by Crippen LogP contribution is -2.17. The number of nitrogens with two attached hydrogens (primary N) is 1. The SMILES string of the molecule is CNCc1ccc(Oc2cccc(Cn3c(=O)[nH]c4c(N)nc5ccccc5c43)c2)cc1. The maximum absolute atomic E-state index is 12.8. The molecular formula is C25H23N5O2. The number of aromatic amines is 1. The van der Waals surface area contributed by atoms with Gasteiger partial charge in [0, 0.05) is 11.9 Å². The Kier molecular flexibility index (Phi) is 5.09. The lowest BCUT2D eigenvalue weighted by Gasteiger charge is -2.10. The van der Waals surface area contributed by atoms with Crippen molar-refractivity contribution in [2.45, 2.75) is 13.1 Å². The molecule has 0 aliphatic rings. The van der Waals surface area contributed by atoms with E-state index >= 15 is 0 Å². The first-order valence-electron chi connectivity index (χ1n) is 10.4. The summed E-state index contributed by atoms with van der Waals surface area (Å²) in [5, 5.41) is 4.01.